The van der Waals surface area contributed by atoms with E-state index in [0.29, 0.717) is 23.7 Å². The van der Waals surface area contributed by atoms with Gasteiger partial charge >= 0.3 is 0 Å². The number of hydrogen-bond acceptors (Lipinski definition) is 4. The molecular formula is C16H22N4. The normalized spacial score (nSPS) is 29.7. The lowest BCUT2D eigenvalue weighted by Gasteiger charge is -2.47. The minimum Gasteiger partial charge on any atom is -0.397 e. The Hall–Kier alpha value is -1.73. The Morgan fingerprint density at radius 3 is 2.65 bits per heavy atom. The van der Waals surface area contributed by atoms with Crippen LogP contribution in [0.5, 0.6) is 0 Å². The highest BCUT2D eigenvalue weighted by molar-refractivity contribution is 5.68. The van der Waals surface area contributed by atoms with E-state index >= 15 is 0 Å². The van der Waals surface area contributed by atoms with Crippen LogP contribution in [0.25, 0.3) is 0 Å². The van der Waals surface area contributed by atoms with Crippen molar-refractivity contribution in [2.45, 2.75) is 50.2 Å². The van der Waals surface area contributed by atoms with E-state index in [0.717, 1.165) is 11.4 Å². The van der Waals surface area contributed by atoms with Gasteiger partial charge in [0.25, 0.3) is 0 Å². The standard InChI is InChI=1S/C16H22N4/c1-20-13-3-2-4-14(20)9-12(8-13)19-16-7-11(10-17)5-6-15(16)18/h5-7,12-14,19H,2-4,8-9,18H2,1H3. The fraction of sp³-hybridized carbons (Fsp3) is 0.562. The summed E-state index contributed by atoms with van der Waals surface area (Å²) in [5, 5.41) is 12.6. The molecule has 106 valence electrons. The third kappa shape index (κ3) is 2.46. The Balaban J connectivity index is 1.74. The van der Waals surface area contributed by atoms with E-state index in [4.69, 9.17) is 11.0 Å². The van der Waals surface area contributed by atoms with Gasteiger partial charge in [-0.3, -0.25) is 0 Å². The van der Waals surface area contributed by atoms with Crippen LogP contribution >= 0.6 is 0 Å². The molecule has 2 aliphatic rings. The molecule has 0 aromatic heterocycles. The van der Waals surface area contributed by atoms with Crippen molar-refractivity contribution in [3.05, 3.63) is 23.8 Å². The maximum Gasteiger partial charge on any atom is 0.0992 e. The van der Waals surface area contributed by atoms with Crippen LogP contribution in [0.4, 0.5) is 11.4 Å². The second kappa shape index (κ2) is 5.34. The number of anilines is 2. The second-order valence-electron chi connectivity index (χ2n) is 6.13. The first-order valence-corrected chi connectivity index (χ1v) is 7.45. The zero-order chi connectivity index (χ0) is 14.1. The van der Waals surface area contributed by atoms with Gasteiger partial charge in [-0.15, -0.1) is 0 Å². The lowest BCUT2D eigenvalue weighted by Crippen LogP contribution is -2.52. The van der Waals surface area contributed by atoms with E-state index < -0.39 is 0 Å². The summed E-state index contributed by atoms with van der Waals surface area (Å²) in [5.74, 6) is 0. The molecule has 3 N–H and O–H groups in total. The van der Waals surface area contributed by atoms with Crippen LogP contribution < -0.4 is 11.1 Å². The van der Waals surface area contributed by atoms with Crippen LogP contribution in [0.1, 0.15) is 37.7 Å². The van der Waals surface area contributed by atoms with E-state index in [1.54, 1.807) is 6.07 Å². The van der Waals surface area contributed by atoms with Crippen molar-refractivity contribution in [2.75, 3.05) is 18.1 Å². The van der Waals surface area contributed by atoms with Crippen molar-refractivity contribution in [1.82, 2.24) is 4.90 Å². The molecule has 2 heterocycles. The van der Waals surface area contributed by atoms with E-state index in [9.17, 15) is 0 Å². The fourth-order valence-electron chi connectivity index (χ4n) is 3.70. The number of benzene rings is 1. The summed E-state index contributed by atoms with van der Waals surface area (Å²) in [6.07, 6.45) is 6.31. The van der Waals surface area contributed by atoms with Crippen molar-refractivity contribution in [1.29, 1.82) is 5.26 Å². The van der Waals surface area contributed by atoms with Crippen LogP contribution in [0.2, 0.25) is 0 Å². The van der Waals surface area contributed by atoms with Crippen molar-refractivity contribution >= 4 is 11.4 Å². The molecule has 2 unspecified atom stereocenters. The molecule has 2 fully saturated rings. The highest BCUT2D eigenvalue weighted by Crippen LogP contribution is 2.34. The van der Waals surface area contributed by atoms with Gasteiger partial charge in [0.15, 0.2) is 0 Å². The third-order valence-corrected chi connectivity index (χ3v) is 4.88. The van der Waals surface area contributed by atoms with Crippen molar-refractivity contribution in [2.24, 2.45) is 0 Å². The zero-order valence-electron chi connectivity index (χ0n) is 12.0. The van der Waals surface area contributed by atoms with Crippen LogP contribution in [0.3, 0.4) is 0 Å². The maximum absolute atomic E-state index is 9.00. The number of nitrogen functional groups attached to an aromatic ring is 1. The van der Waals surface area contributed by atoms with Gasteiger partial charge in [-0.05, 0) is 50.9 Å². The maximum atomic E-state index is 9.00. The van der Waals surface area contributed by atoms with Crippen molar-refractivity contribution in [3.63, 3.8) is 0 Å². The van der Waals surface area contributed by atoms with E-state index in [2.05, 4.69) is 23.3 Å². The van der Waals surface area contributed by atoms with Crippen LogP contribution in [0.15, 0.2) is 18.2 Å². The average molecular weight is 270 g/mol. The number of fused-ring (bicyclic) bond motifs is 2. The van der Waals surface area contributed by atoms with Gasteiger partial charge < -0.3 is 16.0 Å². The summed E-state index contributed by atoms with van der Waals surface area (Å²) in [7, 11) is 2.26. The molecule has 1 aromatic carbocycles. The van der Waals surface area contributed by atoms with E-state index in [1.165, 1.54) is 32.1 Å². The highest BCUT2D eigenvalue weighted by atomic mass is 15.2. The first kappa shape index (κ1) is 13.3. The number of nitrogens with two attached hydrogens (primary N) is 1. The number of rotatable bonds is 2. The minimum atomic E-state index is 0.470. The molecule has 3 rings (SSSR count). The lowest BCUT2D eigenvalue weighted by atomic mass is 9.82. The summed E-state index contributed by atoms with van der Waals surface area (Å²) < 4.78 is 0. The van der Waals surface area contributed by atoms with Crippen molar-refractivity contribution in [3.8, 4) is 6.07 Å². The monoisotopic (exact) mass is 270 g/mol. The number of nitriles is 1. The van der Waals surface area contributed by atoms with Gasteiger partial charge in [0.2, 0.25) is 0 Å². The Kier molecular flexibility index (Phi) is 3.54. The molecule has 0 aliphatic carbocycles. The Morgan fingerprint density at radius 1 is 1.30 bits per heavy atom. The number of piperidine rings is 2. The van der Waals surface area contributed by atoms with Gasteiger partial charge in [-0.2, -0.15) is 5.26 Å². The fourth-order valence-corrected chi connectivity index (χ4v) is 3.70. The smallest absolute Gasteiger partial charge is 0.0992 e. The molecule has 0 radical (unpaired) electrons. The van der Waals surface area contributed by atoms with Crippen molar-refractivity contribution < 1.29 is 0 Å². The Labute approximate surface area is 120 Å². The van der Waals surface area contributed by atoms with Gasteiger partial charge in [0.05, 0.1) is 23.0 Å². The second-order valence-corrected chi connectivity index (χ2v) is 6.13. The summed E-state index contributed by atoms with van der Waals surface area (Å²) in [5.41, 5.74) is 8.33. The van der Waals surface area contributed by atoms with Gasteiger partial charge in [0, 0.05) is 18.1 Å². The molecule has 2 aliphatic heterocycles. The molecule has 4 nitrogen and oxygen atoms in total. The predicted octanol–water partition coefficient (Wildman–Crippen LogP) is 2.57. The molecule has 4 heteroatoms. The molecular weight excluding hydrogens is 248 g/mol. The summed E-state index contributed by atoms with van der Waals surface area (Å²) >= 11 is 0. The van der Waals surface area contributed by atoms with Gasteiger partial charge in [-0.1, -0.05) is 6.42 Å². The predicted molar refractivity (Wildman–Crippen MR) is 81.4 cm³/mol. The first-order valence-electron chi connectivity index (χ1n) is 7.45. The Morgan fingerprint density at radius 2 is 2.00 bits per heavy atom. The molecule has 2 bridgehead atoms. The summed E-state index contributed by atoms with van der Waals surface area (Å²) in [6.45, 7) is 0. The van der Waals surface area contributed by atoms with Gasteiger partial charge in [0.1, 0.15) is 0 Å². The van der Waals surface area contributed by atoms with Crippen LogP contribution in [-0.4, -0.2) is 30.1 Å². The molecule has 0 spiro atoms. The molecule has 1 aromatic rings. The van der Waals surface area contributed by atoms with E-state index in [-0.39, 0.29) is 0 Å². The molecule has 20 heavy (non-hydrogen) atoms. The first-order chi connectivity index (χ1) is 9.67. The largest absolute Gasteiger partial charge is 0.397 e. The zero-order valence-corrected chi connectivity index (χ0v) is 12.0. The topological polar surface area (TPSA) is 65.1 Å². The quantitative estimate of drug-likeness (QED) is 0.811. The number of hydrogen-bond donors (Lipinski definition) is 2. The molecule has 2 atom stereocenters. The highest BCUT2D eigenvalue weighted by Gasteiger charge is 2.35. The minimum absolute atomic E-state index is 0.470. The van der Waals surface area contributed by atoms with Crippen LogP contribution in [0, 0.1) is 11.3 Å². The average Bonchev–Trinajstić information content (AvgIpc) is 2.42. The SMILES string of the molecule is CN1C2CCCC1CC(Nc1cc(C#N)ccc1N)C2. The number of nitrogens with zero attached hydrogens (tertiary/aromatic N) is 2. The van der Waals surface area contributed by atoms with Crippen LogP contribution in [-0.2, 0) is 0 Å². The molecule has 2 saturated heterocycles. The van der Waals surface area contributed by atoms with Gasteiger partial charge in [-0.25, -0.2) is 0 Å². The molecule has 0 saturated carbocycles. The number of nitrogens with one attached hydrogen (secondary N) is 1. The molecule has 0 amide bonds. The lowest BCUT2D eigenvalue weighted by molar-refractivity contribution is 0.0608. The third-order valence-electron chi connectivity index (χ3n) is 4.88. The Bertz CT molecular complexity index is 520. The summed E-state index contributed by atoms with van der Waals surface area (Å²) in [6, 6.07) is 9.48. The summed E-state index contributed by atoms with van der Waals surface area (Å²) in [4.78, 5) is 2.55. The van der Waals surface area contributed by atoms with E-state index in [1.807, 2.05) is 12.1 Å².